The molecule has 2 atom stereocenters. The molecule has 0 spiro atoms. The summed E-state index contributed by atoms with van der Waals surface area (Å²) < 4.78 is 0. The fraction of sp³-hybridized carbons (Fsp3) is 0.750. The van der Waals surface area contributed by atoms with Gasteiger partial charge in [0, 0.05) is 0 Å². The molecule has 0 radical (unpaired) electrons. The van der Waals surface area contributed by atoms with E-state index in [-0.39, 0.29) is 28.5 Å². The van der Waals surface area contributed by atoms with Crippen molar-refractivity contribution in [3.8, 4) is 0 Å². The Labute approximate surface area is 105 Å². The maximum atomic E-state index is 11.5. The van der Waals surface area contributed by atoms with Gasteiger partial charge in [-0.2, -0.15) is 0 Å². The normalized spacial score (nSPS) is 16.6. The molecule has 0 bridgehead atoms. The van der Waals surface area contributed by atoms with E-state index in [4.69, 9.17) is 0 Å². The molecule has 0 aromatic rings. The van der Waals surface area contributed by atoms with Gasteiger partial charge in [-0.1, -0.05) is 39.5 Å². The van der Waals surface area contributed by atoms with Crippen LogP contribution in [0.4, 0.5) is 0 Å². The Morgan fingerprint density at radius 1 is 1.57 bits per heavy atom. The monoisotopic (exact) mass is 206 g/mol. The molecule has 0 aliphatic rings. The smallest absolute Gasteiger partial charge is 0.852 e. The van der Waals surface area contributed by atoms with Crippen molar-refractivity contribution in [2.24, 2.45) is 5.41 Å². The molecule has 0 rings (SSSR count). The molecule has 2 heteroatoms. The van der Waals surface area contributed by atoms with Crippen molar-refractivity contribution < 1.29 is 5.11 Å². The number of unbranched alkanes of at least 4 members (excludes halogenated alkanes) is 1. The molecular weight excluding hydrogens is 184 g/mol. The van der Waals surface area contributed by atoms with Crippen LogP contribution in [0.2, 0.25) is 0 Å². The van der Waals surface area contributed by atoms with E-state index >= 15 is 0 Å². The summed E-state index contributed by atoms with van der Waals surface area (Å²) in [6, 6.07) is 0. The molecule has 0 aliphatic heterocycles. The minimum atomic E-state index is -0.473. The van der Waals surface area contributed by atoms with Crippen LogP contribution >= 0.6 is 0 Å². The second-order valence-electron chi connectivity index (χ2n) is 4.31. The summed E-state index contributed by atoms with van der Waals surface area (Å²) in [6.07, 6.45) is 3.04. The van der Waals surface area contributed by atoms with Gasteiger partial charge in [0.15, 0.2) is 0 Å². The first-order chi connectivity index (χ1) is 5.90. The number of hydrogen-bond acceptors (Lipinski definition) is 1. The molecule has 0 saturated carbocycles. The van der Waals surface area contributed by atoms with Crippen LogP contribution in [-0.4, -0.2) is 29.2 Å². The first-order valence-corrected chi connectivity index (χ1v) is 5.07. The third-order valence-corrected chi connectivity index (χ3v) is 2.59. The average Bonchev–Trinajstić information content (AvgIpc) is 1.99. The van der Waals surface area contributed by atoms with E-state index in [0.29, 0.717) is 6.42 Å². The van der Waals surface area contributed by atoms with Crippen LogP contribution < -0.4 is 5.11 Å². The van der Waals surface area contributed by atoms with Crippen molar-refractivity contribution in [2.75, 3.05) is 0 Å². The molecule has 0 amide bonds. The topological polar surface area (TPSA) is 23.1 Å². The Balaban J connectivity index is 0. The van der Waals surface area contributed by atoms with Gasteiger partial charge in [0.25, 0.3) is 0 Å². The number of rotatable bonds is 6. The van der Waals surface area contributed by atoms with Crippen LogP contribution in [0.5, 0.6) is 0 Å². The second-order valence-corrected chi connectivity index (χ2v) is 4.31. The van der Waals surface area contributed by atoms with E-state index in [2.05, 4.69) is 20.4 Å². The minimum Gasteiger partial charge on any atom is -0.852 e. The maximum Gasteiger partial charge on any atom is 2.00 e. The largest absolute Gasteiger partial charge is 2.00 e. The van der Waals surface area contributed by atoms with Crippen molar-refractivity contribution in [1.29, 1.82) is 0 Å². The number of allylic oxidation sites excluding steroid dienone is 1. The standard InChI is InChI=1S/C12H22O.Mg/c1-6-7-8-11(13)9-12(4,5)10(2)3;/h11H,2,4,6-9H2,1,3,5H3;/q-2;+2. The van der Waals surface area contributed by atoms with Crippen LogP contribution in [0.1, 0.15) is 46.5 Å². The Morgan fingerprint density at radius 2 is 2.07 bits per heavy atom. The van der Waals surface area contributed by atoms with Gasteiger partial charge < -0.3 is 12.0 Å². The molecule has 0 heterocycles. The molecular formula is C12H22MgO. The van der Waals surface area contributed by atoms with Gasteiger partial charge in [0.05, 0.1) is 0 Å². The van der Waals surface area contributed by atoms with Gasteiger partial charge in [-0.3, -0.25) is 0 Å². The fourth-order valence-electron chi connectivity index (χ4n) is 1.21. The molecule has 0 N–H and O–H groups in total. The Hall–Kier alpha value is 0.466. The molecule has 0 saturated heterocycles. The Kier molecular flexibility index (Phi) is 9.31. The third kappa shape index (κ3) is 6.85. The zero-order chi connectivity index (χ0) is 10.5. The van der Waals surface area contributed by atoms with Crippen molar-refractivity contribution >= 4 is 23.1 Å². The summed E-state index contributed by atoms with van der Waals surface area (Å²) in [5.74, 6) is 0. The predicted octanol–water partition coefficient (Wildman–Crippen LogP) is 2.33. The fourth-order valence-corrected chi connectivity index (χ4v) is 1.21. The van der Waals surface area contributed by atoms with Gasteiger partial charge in [0.1, 0.15) is 0 Å². The van der Waals surface area contributed by atoms with E-state index in [0.717, 1.165) is 24.8 Å². The third-order valence-electron chi connectivity index (χ3n) is 2.59. The van der Waals surface area contributed by atoms with Gasteiger partial charge >= 0.3 is 23.1 Å². The molecule has 0 aliphatic carbocycles. The summed E-state index contributed by atoms with van der Waals surface area (Å²) in [4.78, 5) is 0. The van der Waals surface area contributed by atoms with Gasteiger partial charge in [-0.05, 0) is 6.92 Å². The molecule has 0 aromatic heterocycles. The van der Waals surface area contributed by atoms with E-state index in [1.807, 2.05) is 13.8 Å². The van der Waals surface area contributed by atoms with Crippen molar-refractivity contribution in [1.82, 2.24) is 0 Å². The van der Waals surface area contributed by atoms with Crippen LogP contribution in [-0.2, 0) is 0 Å². The quantitative estimate of drug-likeness (QED) is 0.372. The Bertz CT molecular complexity index is 164. The summed E-state index contributed by atoms with van der Waals surface area (Å²) in [5.41, 5.74) is 0.769. The minimum absolute atomic E-state index is 0. The molecule has 14 heavy (non-hydrogen) atoms. The van der Waals surface area contributed by atoms with Crippen LogP contribution in [0, 0.1) is 12.3 Å². The van der Waals surface area contributed by atoms with Crippen molar-refractivity contribution in [2.45, 2.75) is 52.6 Å². The molecule has 78 valence electrons. The van der Waals surface area contributed by atoms with Gasteiger partial charge in [-0.15, -0.1) is 23.7 Å². The van der Waals surface area contributed by atoms with Crippen LogP contribution in [0.25, 0.3) is 0 Å². The maximum absolute atomic E-state index is 11.5. The molecule has 0 aromatic carbocycles. The summed E-state index contributed by atoms with van der Waals surface area (Å²) in [5, 5.41) is 11.5. The predicted molar refractivity (Wildman–Crippen MR) is 62.0 cm³/mol. The van der Waals surface area contributed by atoms with Crippen molar-refractivity contribution in [3.63, 3.8) is 0 Å². The van der Waals surface area contributed by atoms with Crippen LogP contribution in [0.15, 0.2) is 12.2 Å². The van der Waals surface area contributed by atoms with E-state index in [9.17, 15) is 5.11 Å². The number of hydrogen-bond donors (Lipinski definition) is 0. The van der Waals surface area contributed by atoms with Gasteiger partial charge in [-0.25, -0.2) is 0 Å². The first-order valence-electron chi connectivity index (χ1n) is 5.07. The zero-order valence-corrected chi connectivity index (χ0v) is 11.3. The summed E-state index contributed by atoms with van der Waals surface area (Å²) in [6.45, 7) is 13.9. The summed E-state index contributed by atoms with van der Waals surface area (Å²) in [7, 11) is 0. The molecule has 0 fully saturated rings. The average molecular weight is 207 g/mol. The zero-order valence-electron chi connectivity index (χ0n) is 9.94. The van der Waals surface area contributed by atoms with E-state index in [1.54, 1.807) is 0 Å². The molecule has 1 nitrogen and oxygen atoms in total. The first kappa shape index (κ1) is 16.9. The summed E-state index contributed by atoms with van der Waals surface area (Å²) >= 11 is 0. The van der Waals surface area contributed by atoms with Gasteiger partial charge in [0.2, 0.25) is 0 Å². The second kappa shape index (κ2) is 7.72. The van der Waals surface area contributed by atoms with E-state index < -0.39 is 6.10 Å². The SMILES string of the molecule is C=C(C)C([CH2-])(C)CC([O-])CCCC.[Mg+2]. The molecule has 2 unspecified atom stereocenters. The van der Waals surface area contributed by atoms with Crippen LogP contribution in [0.3, 0.4) is 0 Å². The van der Waals surface area contributed by atoms with Crippen molar-refractivity contribution in [3.05, 3.63) is 19.1 Å². The Morgan fingerprint density at radius 3 is 2.43 bits per heavy atom. The van der Waals surface area contributed by atoms with E-state index in [1.165, 1.54) is 0 Å².